The number of hydrogen-bond donors (Lipinski definition) is 3. The molecule has 0 spiro atoms. The predicted octanol–water partition coefficient (Wildman–Crippen LogP) is -0.0436. The summed E-state index contributed by atoms with van der Waals surface area (Å²) < 4.78 is 26.2. The summed E-state index contributed by atoms with van der Waals surface area (Å²) in [6.45, 7) is 6.77. The summed E-state index contributed by atoms with van der Waals surface area (Å²) in [4.78, 5) is 25.4. The smallest absolute Gasteiger partial charge is 0.246 e. The molecule has 1 aromatic heterocycles. The molecule has 8 heteroatoms. The highest BCUT2D eigenvalue weighted by Gasteiger charge is 2.26. The number of amides is 1. The van der Waals surface area contributed by atoms with E-state index in [2.05, 4.69) is 15.0 Å². The normalized spacial score (nSPS) is 13.8. The molecule has 0 aromatic carbocycles. The van der Waals surface area contributed by atoms with E-state index in [-0.39, 0.29) is 0 Å². The Morgan fingerprint density at radius 1 is 1.35 bits per heavy atom. The number of pyridine rings is 1. The standard InChI is InChI=1S/C12H19N3O4S/c1-8(11(17)14-12(2,3)4)15-20(18,19)10-7-13-6-5-9(10)16/h5-8,15H,1-4H3,(H,13,16)(H,14,17). The van der Waals surface area contributed by atoms with Gasteiger partial charge < -0.3 is 10.3 Å². The maximum absolute atomic E-state index is 12.0. The molecule has 0 aliphatic rings. The highest BCUT2D eigenvalue weighted by molar-refractivity contribution is 7.89. The van der Waals surface area contributed by atoms with Gasteiger partial charge in [0.15, 0.2) is 0 Å². The summed E-state index contributed by atoms with van der Waals surface area (Å²) in [5, 5.41) is 2.66. The fraction of sp³-hybridized carbons (Fsp3) is 0.500. The summed E-state index contributed by atoms with van der Waals surface area (Å²) >= 11 is 0. The fourth-order valence-electron chi connectivity index (χ4n) is 1.44. The van der Waals surface area contributed by atoms with Crippen molar-refractivity contribution in [3.8, 4) is 0 Å². The minimum Gasteiger partial charge on any atom is -0.366 e. The number of hydrogen-bond acceptors (Lipinski definition) is 4. The predicted molar refractivity (Wildman–Crippen MR) is 74.7 cm³/mol. The molecule has 3 N–H and O–H groups in total. The molecule has 0 bridgehead atoms. The molecule has 1 heterocycles. The first-order valence-electron chi connectivity index (χ1n) is 6.04. The number of nitrogens with one attached hydrogen (secondary N) is 3. The summed E-state index contributed by atoms with van der Waals surface area (Å²) in [5.41, 5.74) is -1.11. The maximum atomic E-state index is 12.0. The second-order valence-electron chi connectivity index (χ2n) is 5.46. The second kappa shape index (κ2) is 5.76. The van der Waals surface area contributed by atoms with Gasteiger partial charge in [0, 0.05) is 24.0 Å². The van der Waals surface area contributed by atoms with Crippen LogP contribution in [0.15, 0.2) is 28.2 Å². The Balaban J connectivity index is 2.90. The molecule has 0 saturated carbocycles. The summed E-state index contributed by atoms with van der Waals surface area (Å²) in [6.07, 6.45) is 2.41. The van der Waals surface area contributed by atoms with E-state index in [1.165, 1.54) is 13.1 Å². The first-order chi connectivity index (χ1) is 9.03. The van der Waals surface area contributed by atoms with Crippen LogP contribution in [-0.4, -0.2) is 30.9 Å². The maximum Gasteiger partial charge on any atom is 0.246 e. The van der Waals surface area contributed by atoms with Crippen molar-refractivity contribution in [3.63, 3.8) is 0 Å². The van der Waals surface area contributed by atoms with Gasteiger partial charge in [-0.05, 0) is 27.7 Å². The van der Waals surface area contributed by atoms with E-state index in [1.54, 1.807) is 20.8 Å². The van der Waals surface area contributed by atoms with Crippen molar-refractivity contribution in [2.45, 2.75) is 44.2 Å². The molecule has 1 atom stereocenters. The Morgan fingerprint density at radius 3 is 2.45 bits per heavy atom. The highest BCUT2D eigenvalue weighted by atomic mass is 32.2. The van der Waals surface area contributed by atoms with Crippen LogP contribution >= 0.6 is 0 Å². The van der Waals surface area contributed by atoms with E-state index < -0.39 is 37.8 Å². The minimum atomic E-state index is -4.05. The number of H-pyrrole nitrogens is 1. The molecule has 20 heavy (non-hydrogen) atoms. The van der Waals surface area contributed by atoms with E-state index in [9.17, 15) is 18.0 Å². The zero-order valence-corrected chi connectivity index (χ0v) is 12.7. The average Bonchev–Trinajstić information content (AvgIpc) is 2.26. The van der Waals surface area contributed by atoms with Gasteiger partial charge in [-0.3, -0.25) is 9.59 Å². The molecule has 1 unspecified atom stereocenters. The van der Waals surface area contributed by atoms with Gasteiger partial charge >= 0.3 is 0 Å². The van der Waals surface area contributed by atoms with Gasteiger partial charge in [0.1, 0.15) is 4.90 Å². The number of carbonyl (C=O) groups is 1. The van der Waals surface area contributed by atoms with Gasteiger partial charge in [-0.2, -0.15) is 4.72 Å². The van der Waals surface area contributed by atoms with Gasteiger partial charge in [0.05, 0.1) is 6.04 Å². The third kappa shape index (κ3) is 4.46. The molecular weight excluding hydrogens is 282 g/mol. The van der Waals surface area contributed by atoms with Crippen molar-refractivity contribution in [2.24, 2.45) is 0 Å². The van der Waals surface area contributed by atoms with Crippen LogP contribution in [0.5, 0.6) is 0 Å². The van der Waals surface area contributed by atoms with Crippen LogP contribution in [0.25, 0.3) is 0 Å². The van der Waals surface area contributed by atoms with E-state index in [4.69, 9.17) is 0 Å². The van der Waals surface area contributed by atoms with E-state index >= 15 is 0 Å². The molecule has 0 radical (unpaired) electrons. The van der Waals surface area contributed by atoms with Crippen molar-refractivity contribution in [1.29, 1.82) is 0 Å². The molecule has 0 aliphatic heterocycles. The Kier molecular flexibility index (Phi) is 4.72. The Labute approximate surface area is 117 Å². The first kappa shape index (κ1) is 16.4. The first-order valence-corrected chi connectivity index (χ1v) is 7.53. The third-order valence-electron chi connectivity index (χ3n) is 2.30. The van der Waals surface area contributed by atoms with E-state index in [0.717, 1.165) is 12.3 Å². The summed E-state index contributed by atoms with van der Waals surface area (Å²) in [5.74, 6) is -0.464. The molecule has 7 nitrogen and oxygen atoms in total. The van der Waals surface area contributed by atoms with Crippen molar-refractivity contribution in [2.75, 3.05) is 0 Å². The molecule has 112 valence electrons. The number of carbonyl (C=O) groups excluding carboxylic acids is 1. The fourth-order valence-corrected chi connectivity index (χ4v) is 2.69. The molecule has 0 saturated heterocycles. The van der Waals surface area contributed by atoms with E-state index in [0.29, 0.717) is 0 Å². The average molecular weight is 301 g/mol. The summed E-state index contributed by atoms with van der Waals surface area (Å²) in [7, 11) is -4.05. The Morgan fingerprint density at radius 2 is 1.95 bits per heavy atom. The molecule has 1 amide bonds. The van der Waals surface area contributed by atoms with Crippen molar-refractivity contribution >= 4 is 15.9 Å². The van der Waals surface area contributed by atoms with Crippen LogP contribution in [0, 0.1) is 0 Å². The highest BCUT2D eigenvalue weighted by Crippen LogP contribution is 2.03. The topological polar surface area (TPSA) is 108 Å². The third-order valence-corrected chi connectivity index (χ3v) is 3.86. The molecule has 1 aromatic rings. The van der Waals surface area contributed by atoms with Crippen LogP contribution in [0.2, 0.25) is 0 Å². The van der Waals surface area contributed by atoms with Crippen molar-refractivity contribution < 1.29 is 13.2 Å². The Hall–Kier alpha value is -1.67. The second-order valence-corrected chi connectivity index (χ2v) is 7.14. The SMILES string of the molecule is CC(NS(=O)(=O)c1c[nH]ccc1=O)C(=O)NC(C)(C)C. The largest absolute Gasteiger partial charge is 0.366 e. The zero-order chi connectivity index (χ0) is 15.6. The number of rotatable bonds is 4. The monoisotopic (exact) mass is 301 g/mol. The van der Waals surface area contributed by atoms with Crippen LogP contribution in [0.4, 0.5) is 0 Å². The number of aromatic amines is 1. The summed E-state index contributed by atoms with van der Waals surface area (Å²) in [6, 6.07) is 0.118. The lowest BCUT2D eigenvalue weighted by Gasteiger charge is -2.23. The van der Waals surface area contributed by atoms with Gasteiger partial charge in [0.25, 0.3) is 0 Å². The lowest BCUT2D eigenvalue weighted by atomic mass is 10.1. The number of aromatic nitrogens is 1. The molecule has 0 fully saturated rings. The lowest BCUT2D eigenvalue weighted by Crippen LogP contribution is -2.51. The zero-order valence-electron chi connectivity index (χ0n) is 11.9. The lowest BCUT2D eigenvalue weighted by molar-refractivity contribution is -0.123. The van der Waals surface area contributed by atoms with E-state index in [1.807, 2.05) is 0 Å². The van der Waals surface area contributed by atoms with Crippen LogP contribution in [0.1, 0.15) is 27.7 Å². The molecular formula is C12H19N3O4S. The van der Waals surface area contributed by atoms with Gasteiger partial charge in [-0.25, -0.2) is 8.42 Å². The Bertz CT molecular complexity index is 643. The van der Waals surface area contributed by atoms with Gasteiger partial charge in [0.2, 0.25) is 21.4 Å². The molecule has 0 aliphatic carbocycles. The number of sulfonamides is 1. The van der Waals surface area contributed by atoms with Gasteiger partial charge in [-0.15, -0.1) is 0 Å². The quantitative estimate of drug-likeness (QED) is 0.725. The molecule has 1 rings (SSSR count). The van der Waals surface area contributed by atoms with Crippen LogP contribution < -0.4 is 15.5 Å². The van der Waals surface area contributed by atoms with Crippen LogP contribution in [0.3, 0.4) is 0 Å². The van der Waals surface area contributed by atoms with Crippen molar-refractivity contribution in [3.05, 3.63) is 28.7 Å². The van der Waals surface area contributed by atoms with Crippen molar-refractivity contribution in [1.82, 2.24) is 15.0 Å². The van der Waals surface area contributed by atoms with Gasteiger partial charge in [-0.1, -0.05) is 0 Å². The van der Waals surface area contributed by atoms with Crippen LogP contribution in [-0.2, 0) is 14.8 Å². The minimum absolute atomic E-state index is 0.421.